The SMILES string of the molecule is CCCCC/C=C\CC1OC1CCCCCCCC(=O)O[C@@H](CO)COC(=O)CCCCCCCCCCCCCCCCCCCCC(C)CC. The van der Waals surface area contributed by atoms with Crippen molar-refractivity contribution in [2.45, 2.75) is 251 Å². The molecule has 0 amide bonds. The molecule has 52 heavy (non-hydrogen) atoms. The molecule has 1 heterocycles. The molecule has 4 atom stereocenters. The molecule has 1 saturated heterocycles. The Morgan fingerprint density at radius 3 is 1.63 bits per heavy atom. The second-order valence-corrected chi connectivity index (χ2v) is 16.1. The zero-order chi connectivity index (χ0) is 37.7. The van der Waals surface area contributed by atoms with Crippen molar-refractivity contribution in [3.63, 3.8) is 0 Å². The van der Waals surface area contributed by atoms with E-state index in [-0.39, 0.29) is 25.2 Å². The van der Waals surface area contributed by atoms with Crippen LogP contribution in [0.25, 0.3) is 0 Å². The van der Waals surface area contributed by atoms with Crippen LogP contribution in [-0.2, 0) is 23.8 Å². The van der Waals surface area contributed by atoms with Crippen molar-refractivity contribution in [3.05, 3.63) is 12.2 Å². The maximum atomic E-state index is 12.2. The van der Waals surface area contributed by atoms with Gasteiger partial charge in [-0.3, -0.25) is 9.59 Å². The number of hydrogen-bond acceptors (Lipinski definition) is 6. The number of esters is 2. The first-order chi connectivity index (χ1) is 25.5. The van der Waals surface area contributed by atoms with E-state index in [4.69, 9.17) is 14.2 Å². The standard InChI is InChI=1S/C46H86O6/c1-4-6-7-8-25-30-35-43-44(52-43)36-31-26-23-28-33-38-46(49)51-42(39-47)40-50-45(48)37-32-27-22-20-18-16-14-12-10-9-11-13-15-17-19-21-24-29-34-41(3)5-2/h25,30,41-44,47H,4-24,26-29,31-40H2,1-3H3/b30-25-/t41?,42-,43?,44?/m0/s1. The van der Waals surface area contributed by atoms with Crippen molar-refractivity contribution in [1.82, 2.24) is 0 Å². The second-order valence-electron chi connectivity index (χ2n) is 16.1. The Kier molecular flexibility index (Phi) is 34.2. The number of unbranched alkanes of at least 4 members (excludes halogenated alkanes) is 24. The lowest BCUT2D eigenvalue weighted by atomic mass is 9.99. The van der Waals surface area contributed by atoms with E-state index in [9.17, 15) is 14.7 Å². The van der Waals surface area contributed by atoms with Crippen LogP contribution in [0.4, 0.5) is 0 Å². The normalized spacial score (nSPS) is 16.7. The fourth-order valence-corrected chi connectivity index (χ4v) is 7.07. The van der Waals surface area contributed by atoms with Crippen molar-refractivity contribution < 1.29 is 28.9 Å². The highest BCUT2D eigenvalue weighted by atomic mass is 16.6. The molecule has 0 radical (unpaired) electrons. The van der Waals surface area contributed by atoms with Crippen molar-refractivity contribution in [3.8, 4) is 0 Å². The molecule has 306 valence electrons. The van der Waals surface area contributed by atoms with Gasteiger partial charge < -0.3 is 19.3 Å². The predicted molar refractivity (Wildman–Crippen MR) is 219 cm³/mol. The Hall–Kier alpha value is -1.40. The van der Waals surface area contributed by atoms with E-state index in [2.05, 4.69) is 32.9 Å². The topological polar surface area (TPSA) is 85.4 Å². The molecular formula is C46H86O6. The molecule has 0 aliphatic carbocycles. The molecule has 6 nitrogen and oxygen atoms in total. The summed E-state index contributed by atoms with van der Waals surface area (Å²) in [4.78, 5) is 24.4. The first-order valence-electron chi connectivity index (χ1n) is 22.8. The molecule has 1 aliphatic rings. The Morgan fingerprint density at radius 1 is 0.615 bits per heavy atom. The Bertz CT molecular complexity index is 828. The summed E-state index contributed by atoms with van der Waals surface area (Å²) < 4.78 is 16.4. The van der Waals surface area contributed by atoms with Crippen LogP contribution in [0.5, 0.6) is 0 Å². The third-order valence-corrected chi connectivity index (χ3v) is 11.0. The smallest absolute Gasteiger partial charge is 0.306 e. The minimum atomic E-state index is -0.780. The van der Waals surface area contributed by atoms with E-state index in [1.54, 1.807) is 0 Å². The van der Waals surface area contributed by atoms with Crippen molar-refractivity contribution >= 4 is 11.9 Å². The zero-order valence-electron chi connectivity index (χ0n) is 34.7. The highest BCUT2D eigenvalue weighted by Crippen LogP contribution is 2.30. The highest BCUT2D eigenvalue weighted by molar-refractivity contribution is 5.70. The number of carbonyl (C=O) groups is 2. The van der Waals surface area contributed by atoms with E-state index in [0.717, 1.165) is 63.7 Å². The van der Waals surface area contributed by atoms with Crippen LogP contribution in [0.2, 0.25) is 0 Å². The summed E-state index contributed by atoms with van der Waals surface area (Å²) in [7, 11) is 0. The number of aliphatic hydroxyl groups is 1. The minimum absolute atomic E-state index is 0.0707. The fourth-order valence-electron chi connectivity index (χ4n) is 7.07. The van der Waals surface area contributed by atoms with E-state index < -0.39 is 6.10 Å². The molecule has 1 aliphatic heterocycles. The van der Waals surface area contributed by atoms with Gasteiger partial charge in [-0.1, -0.05) is 193 Å². The van der Waals surface area contributed by atoms with Crippen molar-refractivity contribution in [2.24, 2.45) is 5.92 Å². The van der Waals surface area contributed by atoms with Crippen molar-refractivity contribution in [2.75, 3.05) is 13.2 Å². The molecule has 0 aromatic carbocycles. The molecule has 3 unspecified atom stereocenters. The lowest BCUT2D eigenvalue weighted by Gasteiger charge is -2.15. The number of hydrogen-bond donors (Lipinski definition) is 1. The summed E-state index contributed by atoms with van der Waals surface area (Å²) in [5.74, 6) is 0.311. The largest absolute Gasteiger partial charge is 0.462 e. The molecule has 6 heteroatoms. The average Bonchev–Trinajstić information content (AvgIpc) is 3.90. The average molecular weight is 735 g/mol. The van der Waals surface area contributed by atoms with Gasteiger partial charge in [0.2, 0.25) is 0 Å². The molecule has 0 aromatic rings. The van der Waals surface area contributed by atoms with Crippen LogP contribution in [-0.4, -0.2) is 48.6 Å². The van der Waals surface area contributed by atoms with E-state index in [0.29, 0.717) is 25.0 Å². The number of aliphatic hydroxyl groups excluding tert-OH is 1. The van der Waals surface area contributed by atoms with Gasteiger partial charge in [0, 0.05) is 12.8 Å². The highest BCUT2D eigenvalue weighted by Gasteiger charge is 2.36. The number of rotatable bonds is 40. The van der Waals surface area contributed by atoms with Crippen LogP contribution in [0.15, 0.2) is 12.2 Å². The summed E-state index contributed by atoms with van der Waals surface area (Å²) >= 11 is 0. The summed E-state index contributed by atoms with van der Waals surface area (Å²) in [6.45, 7) is 6.52. The van der Waals surface area contributed by atoms with Gasteiger partial charge in [0.25, 0.3) is 0 Å². The lowest BCUT2D eigenvalue weighted by Crippen LogP contribution is -2.28. The van der Waals surface area contributed by atoms with Crippen LogP contribution >= 0.6 is 0 Å². The Balaban J connectivity index is 1.83. The first kappa shape index (κ1) is 48.6. The number of allylic oxidation sites excluding steroid dienone is 1. The number of carbonyl (C=O) groups excluding carboxylic acids is 2. The molecule has 1 fully saturated rings. The van der Waals surface area contributed by atoms with Crippen LogP contribution < -0.4 is 0 Å². The van der Waals surface area contributed by atoms with E-state index in [1.165, 1.54) is 141 Å². The van der Waals surface area contributed by atoms with E-state index in [1.807, 2.05) is 0 Å². The fraction of sp³-hybridized carbons (Fsp3) is 0.913. The maximum Gasteiger partial charge on any atom is 0.306 e. The van der Waals surface area contributed by atoms with Gasteiger partial charge in [0.05, 0.1) is 18.8 Å². The third kappa shape index (κ3) is 32.1. The molecule has 0 aromatic heterocycles. The summed E-state index contributed by atoms with van der Waals surface area (Å²) in [6.07, 6.45) is 44.4. The van der Waals surface area contributed by atoms with Gasteiger partial charge in [-0.25, -0.2) is 0 Å². The molecule has 0 spiro atoms. The Morgan fingerprint density at radius 2 is 1.12 bits per heavy atom. The van der Waals surface area contributed by atoms with Gasteiger partial charge >= 0.3 is 11.9 Å². The number of ether oxygens (including phenoxy) is 3. The van der Waals surface area contributed by atoms with Crippen LogP contribution in [0, 0.1) is 5.92 Å². The summed E-state index contributed by atoms with van der Waals surface area (Å²) in [5.41, 5.74) is 0. The number of epoxide rings is 1. The van der Waals surface area contributed by atoms with Crippen molar-refractivity contribution in [1.29, 1.82) is 0 Å². The van der Waals surface area contributed by atoms with Gasteiger partial charge in [0.15, 0.2) is 6.10 Å². The van der Waals surface area contributed by atoms with E-state index >= 15 is 0 Å². The van der Waals surface area contributed by atoms with Gasteiger partial charge in [-0.05, 0) is 44.4 Å². The Labute approximate surface area is 322 Å². The van der Waals surface area contributed by atoms with Crippen LogP contribution in [0.3, 0.4) is 0 Å². The minimum Gasteiger partial charge on any atom is -0.462 e. The molecular weight excluding hydrogens is 648 g/mol. The van der Waals surface area contributed by atoms with Gasteiger partial charge in [-0.15, -0.1) is 0 Å². The molecule has 1 rings (SSSR count). The molecule has 0 saturated carbocycles. The van der Waals surface area contributed by atoms with Gasteiger partial charge in [-0.2, -0.15) is 0 Å². The second kappa shape index (κ2) is 36.6. The van der Waals surface area contributed by atoms with Gasteiger partial charge in [0.1, 0.15) is 6.61 Å². The molecule has 1 N–H and O–H groups in total. The first-order valence-corrected chi connectivity index (χ1v) is 22.8. The third-order valence-electron chi connectivity index (χ3n) is 11.0. The maximum absolute atomic E-state index is 12.2. The zero-order valence-corrected chi connectivity index (χ0v) is 34.7. The monoisotopic (exact) mass is 735 g/mol. The quantitative estimate of drug-likeness (QED) is 0.0292. The summed E-state index contributed by atoms with van der Waals surface area (Å²) in [5, 5.41) is 9.60. The van der Waals surface area contributed by atoms with Crippen LogP contribution in [0.1, 0.15) is 233 Å². The molecule has 0 bridgehead atoms. The lowest BCUT2D eigenvalue weighted by molar-refractivity contribution is -0.161. The summed E-state index contributed by atoms with van der Waals surface area (Å²) in [6, 6.07) is 0. The predicted octanol–water partition coefficient (Wildman–Crippen LogP) is 13.3.